The van der Waals surface area contributed by atoms with Crippen LogP contribution in [-0.2, 0) is 14.9 Å². The van der Waals surface area contributed by atoms with Crippen molar-refractivity contribution >= 4 is 23.0 Å². The number of carbonyl (C=O) groups is 1. The largest absolute Gasteiger partial charge is 0.465 e. The Kier molecular flexibility index (Phi) is 3.04. The number of esters is 1. The number of H-pyrrole nitrogens is 1. The number of aromatic amines is 1. The third kappa shape index (κ3) is 1.81. The molecule has 1 aliphatic carbocycles. The van der Waals surface area contributed by atoms with E-state index in [0.29, 0.717) is 29.4 Å². The van der Waals surface area contributed by atoms with Crippen LogP contribution in [0.4, 0.5) is 5.82 Å². The fourth-order valence-electron chi connectivity index (χ4n) is 2.86. The average molecular weight is 275 g/mol. The minimum atomic E-state index is -0.691. The molecule has 0 unspecified atom stereocenters. The highest BCUT2D eigenvalue weighted by Gasteiger charge is 2.47. The van der Waals surface area contributed by atoms with Crippen LogP contribution in [0.15, 0.2) is 6.33 Å². The number of hydrogen-bond acceptors (Lipinski definition) is 6. The van der Waals surface area contributed by atoms with Gasteiger partial charge in [-0.25, -0.2) is 15.0 Å². The molecule has 0 amide bonds. The van der Waals surface area contributed by atoms with Gasteiger partial charge in [-0.2, -0.15) is 0 Å². The maximum atomic E-state index is 12.4. The molecule has 1 fully saturated rings. The Morgan fingerprint density at radius 2 is 2.20 bits per heavy atom. The first-order valence-corrected chi connectivity index (χ1v) is 6.81. The van der Waals surface area contributed by atoms with Gasteiger partial charge in [-0.1, -0.05) is 12.8 Å². The molecule has 0 radical (unpaired) electrons. The lowest BCUT2D eigenvalue weighted by atomic mass is 9.85. The number of imidazole rings is 1. The van der Waals surface area contributed by atoms with Crippen LogP contribution >= 0.6 is 0 Å². The van der Waals surface area contributed by atoms with E-state index in [2.05, 4.69) is 19.9 Å². The number of rotatable bonds is 3. The number of nitrogen functional groups attached to an aromatic ring is 1. The van der Waals surface area contributed by atoms with Crippen LogP contribution in [0, 0.1) is 0 Å². The summed E-state index contributed by atoms with van der Waals surface area (Å²) >= 11 is 0. The first-order valence-electron chi connectivity index (χ1n) is 6.81. The zero-order valence-corrected chi connectivity index (χ0v) is 11.3. The molecular weight excluding hydrogens is 258 g/mol. The maximum Gasteiger partial charge on any atom is 0.319 e. The van der Waals surface area contributed by atoms with Crippen molar-refractivity contribution in [1.82, 2.24) is 19.9 Å². The Morgan fingerprint density at radius 1 is 1.45 bits per heavy atom. The zero-order chi connectivity index (χ0) is 14.2. The van der Waals surface area contributed by atoms with Crippen molar-refractivity contribution in [2.45, 2.75) is 38.0 Å². The molecule has 3 N–H and O–H groups in total. The van der Waals surface area contributed by atoms with Crippen LogP contribution in [0.1, 0.15) is 38.4 Å². The third-order valence-electron chi connectivity index (χ3n) is 3.89. The van der Waals surface area contributed by atoms with Gasteiger partial charge in [0, 0.05) is 0 Å². The van der Waals surface area contributed by atoms with Gasteiger partial charge in [0.2, 0.25) is 0 Å². The average Bonchev–Trinajstić information content (AvgIpc) is 3.07. The molecule has 0 aromatic carbocycles. The molecule has 3 rings (SSSR count). The Morgan fingerprint density at radius 3 is 2.85 bits per heavy atom. The predicted molar refractivity (Wildman–Crippen MR) is 72.9 cm³/mol. The summed E-state index contributed by atoms with van der Waals surface area (Å²) < 4.78 is 5.24. The molecule has 106 valence electrons. The van der Waals surface area contributed by atoms with Gasteiger partial charge in [-0.15, -0.1) is 0 Å². The normalized spacial score (nSPS) is 17.4. The minimum Gasteiger partial charge on any atom is -0.465 e. The number of nitrogens with zero attached hydrogens (tertiary/aromatic N) is 3. The number of nitrogens with one attached hydrogen (secondary N) is 1. The second kappa shape index (κ2) is 4.73. The molecule has 0 atom stereocenters. The lowest BCUT2D eigenvalue weighted by molar-refractivity contribution is -0.150. The highest BCUT2D eigenvalue weighted by Crippen LogP contribution is 2.41. The molecule has 2 aromatic rings. The van der Waals surface area contributed by atoms with E-state index in [4.69, 9.17) is 10.5 Å². The Labute approximate surface area is 116 Å². The first-order chi connectivity index (χ1) is 9.67. The Hall–Kier alpha value is -2.18. The molecule has 1 saturated carbocycles. The molecule has 2 aromatic heterocycles. The van der Waals surface area contributed by atoms with E-state index >= 15 is 0 Å². The third-order valence-corrected chi connectivity index (χ3v) is 3.89. The fraction of sp³-hybridized carbons (Fsp3) is 0.538. The van der Waals surface area contributed by atoms with Crippen molar-refractivity contribution in [3.05, 3.63) is 12.2 Å². The number of nitrogens with two attached hydrogens (primary N) is 1. The van der Waals surface area contributed by atoms with E-state index in [0.717, 1.165) is 25.7 Å². The minimum absolute atomic E-state index is 0.219. The second-order valence-electron chi connectivity index (χ2n) is 5.05. The van der Waals surface area contributed by atoms with Gasteiger partial charge in [-0.05, 0) is 19.8 Å². The van der Waals surface area contributed by atoms with E-state index < -0.39 is 5.41 Å². The predicted octanol–water partition coefficient (Wildman–Crippen LogP) is 1.31. The summed E-state index contributed by atoms with van der Waals surface area (Å²) in [5.74, 6) is 0.712. The number of anilines is 1. The van der Waals surface area contributed by atoms with Crippen molar-refractivity contribution in [2.24, 2.45) is 0 Å². The monoisotopic (exact) mass is 275 g/mol. The fourth-order valence-corrected chi connectivity index (χ4v) is 2.86. The number of fused-ring (bicyclic) bond motifs is 1. The Bertz CT molecular complexity index is 645. The van der Waals surface area contributed by atoms with Crippen molar-refractivity contribution in [3.63, 3.8) is 0 Å². The summed E-state index contributed by atoms with van der Waals surface area (Å²) in [6.07, 6.45) is 4.81. The summed E-state index contributed by atoms with van der Waals surface area (Å²) in [5, 5.41) is 0. The number of hydrogen-bond donors (Lipinski definition) is 2. The van der Waals surface area contributed by atoms with Gasteiger partial charge < -0.3 is 15.5 Å². The van der Waals surface area contributed by atoms with Gasteiger partial charge in [0.15, 0.2) is 11.5 Å². The molecule has 0 aliphatic heterocycles. The van der Waals surface area contributed by atoms with Crippen molar-refractivity contribution in [2.75, 3.05) is 12.3 Å². The summed E-state index contributed by atoms with van der Waals surface area (Å²) in [7, 11) is 0. The number of aromatic nitrogens is 4. The van der Waals surface area contributed by atoms with Gasteiger partial charge in [0.1, 0.15) is 23.1 Å². The van der Waals surface area contributed by atoms with Crippen molar-refractivity contribution < 1.29 is 9.53 Å². The quantitative estimate of drug-likeness (QED) is 0.818. The van der Waals surface area contributed by atoms with E-state index in [9.17, 15) is 4.79 Å². The molecule has 0 spiro atoms. The molecule has 1 aliphatic rings. The van der Waals surface area contributed by atoms with E-state index in [1.807, 2.05) is 6.92 Å². The van der Waals surface area contributed by atoms with Crippen molar-refractivity contribution in [1.29, 1.82) is 0 Å². The Balaban J connectivity index is 2.10. The van der Waals surface area contributed by atoms with Crippen LogP contribution in [0.5, 0.6) is 0 Å². The standard InChI is InChI=1S/C13H17N5O2/c1-2-20-12(19)13(5-3-4-6-13)11-17-8-9(14)15-7-16-10(8)18-11/h7H,2-6H2,1H3,(H3,14,15,16,17,18). The van der Waals surface area contributed by atoms with E-state index in [1.54, 1.807) is 0 Å². The van der Waals surface area contributed by atoms with Gasteiger partial charge in [0.25, 0.3) is 0 Å². The molecule has 20 heavy (non-hydrogen) atoms. The van der Waals surface area contributed by atoms with Gasteiger partial charge >= 0.3 is 5.97 Å². The second-order valence-corrected chi connectivity index (χ2v) is 5.05. The molecule has 0 saturated heterocycles. The molecule has 7 heteroatoms. The first kappa shape index (κ1) is 12.8. The van der Waals surface area contributed by atoms with Crippen LogP contribution in [0.2, 0.25) is 0 Å². The SMILES string of the molecule is CCOC(=O)C1(c2nc3ncnc(N)c3[nH]2)CCCC1. The summed E-state index contributed by atoms with van der Waals surface area (Å²) in [4.78, 5) is 28.0. The van der Waals surface area contributed by atoms with Crippen LogP contribution in [0.25, 0.3) is 11.2 Å². The van der Waals surface area contributed by atoms with Crippen LogP contribution < -0.4 is 5.73 Å². The molecule has 2 heterocycles. The number of carbonyl (C=O) groups excluding carboxylic acids is 1. The van der Waals surface area contributed by atoms with Crippen LogP contribution in [-0.4, -0.2) is 32.5 Å². The topological polar surface area (TPSA) is 107 Å². The molecule has 7 nitrogen and oxygen atoms in total. The zero-order valence-electron chi connectivity index (χ0n) is 11.3. The van der Waals surface area contributed by atoms with Gasteiger partial charge in [-0.3, -0.25) is 4.79 Å². The van der Waals surface area contributed by atoms with Crippen molar-refractivity contribution in [3.8, 4) is 0 Å². The lowest BCUT2D eigenvalue weighted by Gasteiger charge is -2.23. The van der Waals surface area contributed by atoms with E-state index in [-0.39, 0.29) is 5.97 Å². The van der Waals surface area contributed by atoms with Crippen LogP contribution in [0.3, 0.4) is 0 Å². The summed E-state index contributed by atoms with van der Waals surface area (Å²) in [6, 6.07) is 0. The van der Waals surface area contributed by atoms with Gasteiger partial charge in [0.05, 0.1) is 6.61 Å². The molecular formula is C13H17N5O2. The highest BCUT2D eigenvalue weighted by molar-refractivity contribution is 5.86. The highest BCUT2D eigenvalue weighted by atomic mass is 16.5. The molecule has 0 bridgehead atoms. The summed E-state index contributed by atoms with van der Waals surface area (Å²) in [5.41, 5.74) is 6.19. The summed E-state index contributed by atoms with van der Waals surface area (Å²) in [6.45, 7) is 2.17. The maximum absolute atomic E-state index is 12.4. The number of ether oxygens (including phenoxy) is 1. The van der Waals surface area contributed by atoms with E-state index in [1.165, 1.54) is 6.33 Å². The lowest BCUT2D eigenvalue weighted by Crippen LogP contribution is -2.35. The smallest absolute Gasteiger partial charge is 0.319 e.